The first-order valence-corrected chi connectivity index (χ1v) is 8.73. The number of aryl methyl sites for hydroxylation is 2. The van der Waals surface area contributed by atoms with Crippen LogP contribution >= 0.6 is 11.3 Å². The molecule has 3 rings (SSSR count). The fraction of sp³-hybridized carbons (Fsp3) is 0.500. The summed E-state index contributed by atoms with van der Waals surface area (Å²) < 4.78 is 27.2. The first-order valence-electron chi connectivity index (χ1n) is 6.41. The second kappa shape index (κ2) is 4.94. The highest BCUT2D eigenvalue weighted by atomic mass is 32.2. The molecule has 0 radical (unpaired) electrons. The second-order valence-electron chi connectivity index (χ2n) is 5.02. The van der Waals surface area contributed by atoms with E-state index in [1.807, 2.05) is 25.3 Å². The fourth-order valence-corrected chi connectivity index (χ4v) is 5.49. The summed E-state index contributed by atoms with van der Waals surface area (Å²) >= 11 is 1.28. The Kier molecular flexibility index (Phi) is 3.39. The van der Waals surface area contributed by atoms with Crippen molar-refractivity contribution in [3.63, 3.8) is 0 Å². The largest absolute Gasteiger partial charge is 0.263 e. The highest BCUT2D eigenvalue weighted by Crippen LogP contribution is 2.32. The van der Waals surface area contributed by atoms with Gasteiger partial charge in [0.15, 0.2) is 5.82 Å². The first kappa shape index (κ1) is 13.7. The molecule has 6 nitrogen and oxygen atoms in total. The Morgan fingerprint density at radius 1 is 1.45 bits per heavy atom. The highest BCUT2D eigenvalue weighted by Gasteiger charge is 2.36. The molecule has 0 saturated carbocycles. The molecule has 1 aliphatic heterocycles. The number of H-pyrrole nitrogens is 1. The molecular weight excluding hydrogens is 296 g/mol. The molecule has 1 aliphatic rings. The predicted molar refractivity (Wildman–Crippen MR) is 76.3 cm³/mol. The van der Waals surface area contributed by atoms with E-state index in [4.69, 9.17) is 0 Å². The Hall–Kier alpha value is -1.25. The monoisotopic (exact) mass is 312 g/mol. The van der Waals surface area contributed by atoms with Crippen molar-refractivity contribution in [3.8, 4) is 0 Å². The molecule has 1 unspecified atom stereocenters. The average Bonchev–Trinajstić information content (AvgIpc) is 3.07. The van der Waals surface area contributed by atoms with E-state index >= 15 is 0 Å². The van der Waals surface area contributed by atoms with Crippen LogP contribution in [0.1, 0.15) is 29.6 Å². The van der Waals surface area contributed by atoms with Crippen molar-refractivity contribution < 1.29 is 8.42 Å². The zero-order chi connectivity index (χ0) is 14.3. The number of sulfonamides is 1. The molecule has 0 amide bonds. The van der Waals surface area contributed by atoms with Gasteiger partial charge in [-0.1, -0.05) is 0 Å². The first-order chi connectivity index (χ1) is 9.48. The number of thiophene rings is 1. The van der Waals surface area contributed by atoms with Gasteiger partial charge in [-0.25, -0.2) is 13.4 Å². The van der Waals surface area contributed by atoms with Gasteiger partial charge in [-0.05, 0) is 37.3 Å². The van der Waals surface area contributed by atoms with Crippen LogP contribution in [0.4, 0.5) is 0 Å². The van der Waals surface area contributed by atoms with Crippen LogP contribution in [0.3, 0.4) is 0 Å². The van der Waals surface area contributed by atoms with Crippen LogP contribution in [0.2, 0.25) is 0 Å². The van der Waals surface area contributed by atoms with Crippen molar-refractivity contribution in [3.05, 3.63) is 28.7 Å². The number of aromatic nitrogens is 3. The van der Waals surface area contributed by atoms with Crippen LogP contribution in [-0.2, 0) is 10.0 Å². The molecule has 2 aromatic rings. The van der Waals surface area contributed by atoms with Gasteiger partial charge in [-0.2, -0.15) is 9.40 Å². The molecule has 0 aromatic carbocycles. The second-order valence-corrected chi connectivity index (χ2v) is 8.07. The minimum Gasteiger partial charge on any atom is -0.263 e. The molecule has 1 saturated heterocycles. The topological polar surface area (TPSA) is 79.0 Å². The third kappa shape index (κ3) is 2.27. The Labute approximate surface area is 121 Å². The number of hydrogen-bond acceptors (Lipinski definition) is 5. The summed E-state index contributed by atoms with van der Waals surface area (Å²) in [6.45, 7) is 4.65. The maximum absolute atomic E-state index is 12.6. The van der Waals surface area contributed by atoms with E-state index < -0.39 is 10.0 Å². The number of aromatic amines is 1. The summed E-state index contributed by atoms with van der Waals surface area (Å²) in [5.74, 6) is 1.55. The van der Waals surface area contributed by atoms with Crippen LogP contribution in [0, 0.1) is 13.8 Å². The smallest absolute Gasteiger partial charge is 0.252 e. The maximum atomic E-state index is 12.6. The zero-order valence-electron chi connectivity index (χ0n) is 11.3. The number of rotatable bonds is 3. The fourth-order valence-electron chi connectivity index (χ4n) is 2.44. The molecule has 3 heterocycles. The predicted octanol–water partition coefficient (Wildman–Crippen LogP) is 1.66. The van der Waals surface area contributed by atoms with E-state index in [0.717, 1.165) is 17.8 Å². The number of nitrogens with zero attached hydrogens (tertiary/aromatic N) is 3. The van der Waals surface area contributed by atoms with Crippen molar-refractivity contribution in [1.82, 2.24) is 19.5 Å². The molecule has 0 bridgehead atoms. The van der Waals surface area contributed by atoms with Crippen LogP contribution in [0.5, 0.6) is 0 Å². The van der Waals surface area contributed by atoms with Gasteiger partial charge in [0.2, 0.25) is 0 Å². The van der Waals surface area contributed by atoms with Crippen LogP contribution in [0.15, 0.2) is 15.7 Å². The number of nitrogens with one attached hydrogen (secondary N) is 1. The zero-order valence-corrected chi connectivity index (χ0v) is 13.0. The van der Waals surface area contributed by atoms with Crippen molar-refractivity contribution in [2.24, 2.45) is 0 Å². The van der Waals surface area contributed by atoms with Gasteiger partial charge in [-0.15, -0.1) is 11.3 Å². The average molecular weight is 312 g/mol. The molecule has 20 heavy (non-hydrogen) atoms. The normalized spacial score (nSPS) is 20.6. The van der Waals surface area contributed by atoms with E-state index in [1.165, 1.54) is 11.3 Å². The van der Waals surface area contributed by atoms with Crippen molar-refractivity contribution in [2.75, 3.05) is 13.1 Å². The molecule has 8 heteroatoms. The third-order valence-corrected chi connectivity index (χ3v) is 7.05. The summed E-state index contributed by atoms with van der Waals surface area (Å²) in [6.07, 6.45) is 0.765. The lowest BCUT2D eigenvalue weighted by Crippen LogP contribution is -2.28. The molecule has 108 valence electrons. The van der Waals surface area contributed by atoms with Crippen molar-refractivity contribution in [1.29, 1.82) is 0 Å². The SMILES string of the molecule is Cc1nc(C2CCN(S(=O)(=O)c3sccc3C)C2)n[nH]1. The van der Waals surface area contributed by atoms with Gasteiger partial charge in [0.05, 0.1) is 0 Å². The summed E-state index contributed by atoms with van der Waals surface area (Å²) in [4.78, 5) is 4.30. The van der Waals surface area contributed by atoms with Gasteiger partial charge in [0.1, 0.15) is 10.0 Å². The van der Waals surface area contributed by atoms with E-state index in [2.05, 4.69) is 15.2 Å². The molecule has 1 N–H and O–H groups in total. The summed E-state index contributed by atoms with van der Waals surface area (Å²) in [7, 11) is -3.37. The number of hydrogen-bond donors (Lipinski definition) is 1. The lowest BCUT2D eigenvalue weighted by molar-refractivity contribution is 0.472. The Morgan fingerprint density at radius 2 is 2.25 bits per heavy atom. The summed E-state index contributed by atoms with van der Waals surface area (Å²) in [6, 6.07) is 1.84. The van der Waals surface area contributed by atoms with Gasteiger partial charge >= 0.3 is 0 Å². The highest BCUT2D eigenvalue weighted by molar-refractivity contribution is 7.91. The van der Waals surface area contributed by atoms with E-state index in [-0.39, 0.29) is 5.92 Å². The lowest BCUT2D eigenvalue weighted by Gasteiger charge is -2.15. The molecule has 2 aromatic heterocycles. The Morgan fingerprint density at radius 3 is 2.85 bits per heavy atom. The Balaban J connectivity index is 1.82. The summed E-state index contributed by atoms with van der Waals surface area (Å²) in [5.41, 5.74) is 0.812. The Bertz CT molecular complexity index is 719. The lowest BCUT2D eigenvalue weighted by atomic mass is 10.1. The summed E-state index contributed by atoms with van der Waals surface area (Å²) in [5, 5.41) is 8.76. The molecular formula is C12H16N4O2S2. The van der Waals surface area contributed by atoms with E-state index in [0.29, 0.717) is 23.1 Å². The van der Waals surface area contributed by atoms with Crippen LogP contribution in [0.25, 0.3) is 0 Å². The maximum Gasteiger partial charge on any atom is 0.252 e. The van der Waals surface area contributed by atoms with E-state index in [9.17, 15) is 8.42 Å². The van der Waals surface area contributed by atoms with Gasteiger partial charge in [0.25, 0.3) is 10.0 Å². The third-order valence-electron chi connectivity index (χ3n) is 3.52. The standard InChI is InChI=1S/C12H16N4O2S2/c1-8-4-6-19-12(8)20(17,18)16-5-3-10(7-16)11-13-9(2)14-15-11/h4,6,10H,3,5,7H2,1-2H3,(H,13,14,15). The molecule has 1 fully saturated rings. The van der Waals surface area contributed by atoms with Crippen molar-refractivity contribution >= 4 is 21.4 Å². The van der Waals surface area contributed by atoms with Crippen molar-refractivity contribution in [2.45, 2.75) is 30.4 Å². The van der Waals surface area contributed by atoms with Gasteiger partial charge in [0, 0.05) is 19.0 Å². The molecule has 1 atom stereocenters. The minimum absolute atomic E-state index is 0.0787. The molecule has 0 aliphatic carbocycles. The molecule has 0 spiro atoms. The quantitative estimate of drug-likeness (QED) is 0.935. The van der Waals surface area contributed by atoms with Crippen LogP contribution in [-0.4, -0.2) is 41.0 Å². The van der Waals surface area contributed by atoms with Gasteiger partial charge in [-0.3, -0.25) is 5.10 Å². The van der Waals surface area contributed by atoms with Gasteiger partial charge < -0.3 is 0 Å². The van der Waals surface area contributed by atoms with E-state index in [1.54, 1.807) is 4.31 Å². The van der Waals surface area contributed by atoms with Crippen LogP contribution < -0.4 is 0 Å². The minimum atomic E-state index is -3.37.